The zero-order chi connectivity index (χ0) is 24.7. The van der Waals surface area contributed by atoms with Crippen LogP contribution >= 0.6 is 0 Å². The number of hydrogen-bond donors (Lipinski definition) is 2. The van der Waals surface area contributed by atoms with Crippen LogP contribution in [0, 0.1) is 11.8 Å². The Morgan fingerprint density at radius 3 is 2.31 bits per heavy atom. The number of hydrogen-bond acceptors (Lipinski definition) is 5. The minimum atomic E-state index is -1.27. The molecule has 1 saturated carbocycles. The van der Waals surface area contributed by atoms with E-state index in [9.17, 15) is 19.5 Å². The van der Waals surface area contributed by atoms with Gasteiger partial charge in [0.2, 0.25) is 5.91 Å². The van der Waals surface area contributed by atoms with Gasteiger partial charge in [0.1, 0.15) is 12.1 Å². The molecule has 4 atom stereocenters. The van der Waals surface area contributed by atoms with Crippen LogP contribution < -0.4 is 5.32 Å². The summed E-state index contributed by atoms with van der Waals surface area (Å²) in [6.45, 7) is 2.38. The summed E-state index contributed by atoms with van der Waals surface area (Å²) in [6, 6.07) is 16.3. The van der Waals surface area contributed by atoms with Crippen molar-refractivity contribution in [1.82, 2.24) is 10.2 Å². The van der Waals surface area contributed by atoms with Crippen LogP contribution in [0.25, 0.3) is 11.1 Å². The molecule has 184 valence electrons. The number of carbonyl (C=O) groups is 3. The molecule has 1 heterocycles. The minimum absolute atomic E-state index is 0.0130. The number of carboxylic acid groups (broad SMARTS) is 1. The van der Waals surface area contributed by atoms with E-state index in [2.05, 4.69) is 29.6 Å². The van der Waals surface area contributed by atoms with E-state index in [0.29, 0.717) is 13.0 Å². The lowest BCUT2D eigenvalue weighted by Gasteiger charge is -2.31. The molecule has 8 heteroatoms. The van der Waals surface area contributed by atoms with E-state index in [1.54, 1.807) is 6.92 Å². The number of methoxy groups -OCH3 is 1. The van der Waals surface area contributed by atoms with E-state index < -0.39 is 17.6 Å². The molecule has 1 saturated heterocycles. The standard InChI is InChI=1S/C27H30N2O6/c1-27(25(31)32)12-17(34-2)14-29(27)24(30)22-11-16(22)13-28-26(33)35-15-23-20-9-5-3-7-18(20)19-8-4-6-10-21(19)23/h3-10,16-17,22-23H,11-15H2,1-2H3,(H,28,33)(H,31,32)/t16-,17?,22-,27?/m0/s1. The second-order valence-electron chi connectivity index (χ2n) is 9.90. The predicted molar refractivity (Wildman–Crippen MR) is 128 cm³/mol. The molecule has 2 unspecified atom stereocenters. The van der Waals surface area contributed by atoms with Gasteiger partial charge in [-0.15, -0.1) is 0 Å². The molecule has 5 rings (SSSR count). The summed E-state index contributed by atoms with van der Waals surface area (Å²) in [5.41, 5.74) is 3.36. The number of benzene rings is 2. The third-order valence-electron chi connectivity index (χ3n) is 7.76. The lowest BCUT2D eigenvalue weighted by atomic mass is 9.98. The fourth-order valence-corrected chi connectivity index (χ4v) is 5.56. The van der Waals surface area contributed by atoms with Gasteiger partial charge in [0.05, 0.1) is 6.10 Å². The van der Waals surface area contributed by atoms with E-state index >= 15 is 0 Å². The van der Waals surface area contributed by atoms with Gasteiger partial charge in [0, 0.05) is 38.5 Å². The highest BCUT2D eigenvalue weighted by Crippen LogP contribution is 2.45. The van der Waals surface area contributed by atoms with Crippen molar-refractivity contribution in [3.63, 3.8) is 0 Å². The lowest BCUT2D eigenvalue weighted by Crippen LogP contribution is -2.51. The van der Waals surface area contributed by atoms with Gasteiger partial charge in [-0.25, -0.2) is 9.59 Å². The van der Waals surface area contributed by atoms with Crippen LogP contribution in [0.2, 0.25) is 0 Å². The predicted octanol–water partition coefficient (Wildman–Crippen LogP) is 3.25. The van der Waals surface area contributed by atoms with Crippen LogP contribution in [-0.2, 0) is 19.1 Å². The molecular weight excluding hydrogens is 448 g/mol. The normalized spacial score (nSPS) is 26.7. The number of nitrogens with zero attached hydrogens (tertiary/aromatic N) is 1. The number of carboxylic acids is 1. The minimum Gasteiger partial charge on any atom is -0.480 e. The average molecular weight is 479 g/mol. The smallest absolute Gasteiger partial charge is 0.407 e. The summed E-state index contributed by atoms with van der Waals surface area (Å²) in [7, 11) is 1.53. The summed E-state index contributed by atoms with van der Waals surface area (Å²) >= 11 is 0. The maximum Gasteiger partial charge on any atom is 0.407 e. The Hall–Kier alpha value is -3.39. The molecule has 3 aliphatic rings. The van der Waals surface area contributed by atoms with Gasteiger partial charge in [-0.1, -0.05) is 48.5 Å². The number of fused-ring (bicyclic) bond motifs is 3. The van der Waals surface area contributed by atoms with Crippen LogP contribution in [-0.4, -0.2) is 66.4 Å². The van der Waals surface area contributed by atoms with Crippen molar-refractivity contribution in [2.45, 2.75) is 37.3 Å². The monoisotopic (exact) mass is 478 g/mol. The first-order chi connectivity index (χ1) is 16.8. The van der Waals surface area contributed by atoms with Gasteiger partial charge < -0.3 is 24.8 Å². The van der Waals surface area contributed by atoms with E-state index in [-0.39, 0.29) is 49.3 Å². The molecule has 2 N–H and O–H groups in total. The van der Waals surface area contributed by atoms with Crippen molar-refractivity contribution in [2.75, 3.05) is 26.8 Å². The van der Waals surface area contributed by atoms with Gasteiger partial charge >= 0.3 is 12.1 Å². The van der Waals surface area contributed by atoms with Gasteiger partial charge in [-0.3, -0.25) is 4.79 Å². The lowest BCUT2D eigenvalue weighted by molar-refractivity contribution is -0.155. The molecule has 35 heavy (non-hydrogen) atoms. The molecular formula is C27H30N2O6. The number of likely N-dealkylation sites (tertiary alicyclic amines) is 1. The van der Waals surface area contributed by atoms with E-state index in [0.717, 1.165) is 11.1 Å². The highest BCUT2D eigenvalue weighted by atomic mass is 16.5. The Morgan fingerprint density at radius 1 is 1.09 bits per heavy atom. The van der Waals surface area contributed by atoms with Gasteiger partial charge in [-0.2, -0.15) is 0 Å². The van der Waals surface area contributed by atoms with E-state index in [4.69, 9.17) is 9.47 Å². The van der Waals surface area contributed by atoms with Crippen molar-refractivity contribution in [2.24, 2.45) is 11.8 Å². The summed E-state index contributed by atoms with van der Waals surface area (Å²) in [6.07, 6.45) is 0.0731. The molecule has 1 aliphatic heterocycles. The maximum atomic E-state index is 13.0. The molecule has 8 nitrogen and oxygen atoms in total. The Morgan fingerprint density at radius 2 is 1.71 bits per heavy atom. The van der Waals surface area contributed by atoms with Crippen molar-refractivity contribution >= 4 is 18.0 Å². The Kier molecular flexibility index (Phi) is 6.01. The SMILES string of the molecule is COC1CN(C(=O)[C@H]2C[C@H]2CNC(=O)OCC2c3ccccc3-c3ccccc32)C(C)(C(=O)O)C1. The number of ether oxygens (including phenoxy) is 2. The first-order valence-corrected chi connectivity index (χ1v) is 12.0. The molecule has 2 aromatic carbocycles. The second kappa shape index (κ2) is 9.00. The van der Waals surface area contributed by atoms with Crippen molar-refractivity contribution in [3.8, 4) is 11.1 Å². The fraction of sp³-hybridized carbons (Fsp3) is 0.444. The molecule has 2 fully saturated rings. The molecule has 2 aromatic rings. The number of amides is 2. The molecule has 2 amide bonds. The highest BCUT2D eigenvalue weighted by molar-refractivity contribution is 5.90. The third kappa shape index (κ3) is 4.16. The van der Waals surface area contributed by atoms with Gasteiger partial charge in [0.25, 0.3) is 0 Å². The number of nitrogens with one attached hydrogen (secondary N) is 1. The Bertz CT molecular complexity index is 1120. The number of carbonyl (C=O) groups excluding carboxylic acids is 2. The fourth-order valence-electron chi connectivity index (χ4n) is 5.56. The van der Waals surface area contributed by atoms with Crippen LogP contribution in [0.3, 0.4) is 0 Å². The molecule has 0 radical (unpaired) electrons. The van der Waals surface area contributed by atoms with Crippen molar-refractivity contribution in [1.29, 1.82) is 0 Å². The Balaban J connectivity index is 1.14. The number of alkyl carbamates (subject to hydrolysis) is 1. The zero-order valence-corrected chi connectivity index (χ0v) is 19.9. The van der Waals surface area contributed by atoms with Crippen LogP contribution in [0.15, 0.2) is 48.5 Å². The first kappa shape index (κ1) is 23.4. The van der Waals surface area contributed by atoms with Crippen molar-refractivity contribution in [3.05, 3.63) is 59.7 Å². The average Bonchev–Trinajstić information content (AvgIpc) is 3.46. The molecule has 0 spiro atoms. The number of aliphatic carboxylic acids is 1. The van der Waals surface area contributed by atoms with Gasteiger partial charge in [-0.05, 0) is 41.5 Å². The summed E-state index contributed by atoms with van der Waals surface area (Å²) < 4.78 is 10.9. The first-order valence-electron chi connectivity index (χ1n) is 12.0. The Labute approximate surface area is 204 Å². The van der Waals surface area contributed by atoms with Crippen LogP contribution in [0.1, 0.15) is 36.8 Å². The maximum absolute atomic E-state index is 13.0. The third-order valence-corrected chi connectivity index (χ3v) is 7.76. The zero-order valence-electron chi connectivity index (χ0n) is 19.9. The van der Waals surface area contributed by atoms with Crippen LogP contribution in [0.5, 0.6) is 0 Å². The molecule has 0 aromatic heterocycles. The van der Waals surface area contributed by atoms with Crippen molar-refractivity contribution < 1.29 is 29.0 Å². The van der Waals surface area contributed by atoms with E-state index in [1.165, 1.54) is 23.1 Å². The molecule has 0 bridgehead atoms. The summed E-state index contributed by atoms with van der Waals surface area (Å²) in [5, 5.41) is 12.5. The summed E-state index contributed by atoms with van der Waals surface area (Å²) in [4.78, 5) is 38.8. The van der Waals surface area contributed by atoms with Crippen LogP contribution in [0.4, 0.5) is 4.79 Å². The number of rotatable bonds is 7. The largest absolute Gasteiger partial charge is 0.480 e. The van der Waals surface area contributed by atoms with E-state index in [1.807, 2.05) is 24.3 Å². The summed E-state index contributed by atoms with van der Waals surface area (Å²) in [5.74, 6) is -1.55. The second-order valence-corrected chi connectivity index (χ2v) is 9.90. The van der Waals surface area contributed by atoms with Gasteiger partial charge in [0.15, 0.2) is 0 Å². The quantitative estimate of drug-likeness (QED) is 0.633. The topological polar surface area (TPSA) is 105 Å². The molecule has 2 aliphatic carbocycles. The highest BCUT2D eigenvalue weighted by Gasteiger charge is 2.55.